The molecule has 0 aromatic heterocycles. The van der Waals surface area contributed by atoms with E-state index in [4.69, 9.17) is 21.1 Å². The Balaban J connectivity index is 2.26. The zero-order valence-corrected chi connectivity index (χ0v) is 14.2. The summed E-state index contributed by atoms with van der Waals surface area (Å²) in [6.45, 7) is 0. The summed E-state index contributed by atoms with van der Waals surface area (Å²) in [5.41, 5.74) is 2.77. The van der Waals surface area contributed by atoms with Crippen LogP contribution in [0.5, 0.6) is 11.5 Å². The van der Waals surface area contributed by atoms with Crippen molar-refractivity contribution in [3.63, 3.8) is 0 Å². The molecule has 2 aromatic carbocycles. The van der Waals surface area contributed by atoms with Gasteiger partial charge >= 0.3 is 5.97 Å². The highest BCUT2D eigenvalue weighted by Crippen LogP contribution is 2.32. The van der Waals surface area contributed by atoms with Gasteiger partial charge in [0, 0.05) is 16.1 Å². The van der Waals surface area contributed by atoms with Gasteiger partial charge in [-0.15, -0.1) is 0 Å². The number of aromatic carboxylic acids is 1. The highest BCUT2D eigenvalue weighted by Gasteiger charge is 2.20. The van der Waals surface area contributed by atoms with E-state index in [0.717, 1.165) is 0 Å². The Morgan fingerprint density at radius 3 is 2.56 bits per heavy atom. The number of hydrogen-bond donors (Lipinski definition) is 2. The summed E-state index contributed by atoms with van der Waals surface area (Å²) < 4.78 is 10.2. The Morgan fingerprint density at radius 1 is 1.20 bits per heavy atom. The van der Waals surface area contributed by atoms with E-state index in [2.05, 4.69) is 10.5 Å². The fourth-order valence-electron chi connectivity index (χ4n) is 2.13. The second-order valence-corrected chi connectivity index (χ2v) is 5.22. The second kappa shape index (κ2) is 8.16. The fourth-order valence-corrected chi connectivity index (χ4v) is 2.32. The van der Waals surface area contributed by atoms with Gasteiger partial charge in [0.2, 0.25) is 0 Å². The summed E-state index contributed by atoms with van der Waals surface area (Å²) in [6.07, 6.45) is 1.22. The van der Waals surface area contributed by atoms with Crippen molar-refractivity contribution in [3.8, 4) is 11.5 Å². The van der Waals surface area contributed by atoms with Crippen molar-refractivity contribution >= 4 is 29.7 Å². The smallest absolute Gasteiger partial charge is 0.340 e. The number of benzene rings is 2. The Hall–Kier alpha value is -3.06. The second-order valence-electron chi connectivity index (χ2n) is 4.78. The van der Waals surface area contributed by atoms with Gasteiger partial charge in [-0.2, -0.15) is 5.10 Å². The first kappa shape index (κ1) is 18.3. The van der Waals surface area contributed by atoms with Crippen LogP contribution in [0, 0.1) is 0 Å². The lowest BCUT2D eigenvalue weighted by Gasteiger charge is -2.12. The van der Waals surface area contributed by atoms with Gasteiger partial charge in [0.25, 0.3) is 5.91 Å². The lowest BCUT2D eigenvalue weighted by Crippen LogP contribution is -2.18. The lowest BCUT2D eigenvalue weighted by atomic mass is 10.1. The van der Waals surface area contributed by atoms with Gasteiger partial charge in [0.15, 0.2) is 11.5 Å². The first-order chi connectivity index (χ1) is 12.0. The number of nitrogens with one attached hydrogen (secondary N) is 1. The SMILES string of the molecule is COc1ccc(/C=N\NC(=O)c2cccc(Cl)c2)c(C(=O)O)c1OC. The number of carboxylic acids is 1. The van der Waals surface area contributed by atoms with E-state index >= 15 is 0 Å². The number of nitrogens with zero attached hydrogens (tertiary/aromatic N) is 1. The van der Waals surface area contributed by atoms with E-state index in [9.17, 15) is 14.7 Å². The molecule has 0 atom stereocenters. The van der Waals surface area contributed by atoms with Crippen LogP contribution >= 0.6 is 11.6 Å². The molecule has 0 spiro atoms. The van der Waals surface area contributed by atoms with Gasteiger partial charge in [0.1, 0.15) is 5.56 Å². The maximum Gasteiger partial charge on any atom is 0.340 e. The molecule has 0 saturated carbocycles. The van der Waals surface area contributed by atoms with Crippen LogP contribution in [0.1, 0.15) is 26.3 Å². The van der Waals surface area contributed by atoms with Crippen molar-refractivity contribution < 1.29 is 24.2 Å². The number of carboxylic acid groups (broad SMARTS) is 1. The molecule has 8 heteroatoms. The molecule has 0 aliphatic heterocycles. The van der Waals surface area contributed by atoms with Gasteiger partial charge in [-0.05, 0) is 30.3 Å². The summed E-state index contributed by atoms with van der Waals surface area (Å²) in [6, 6.07) is 9.40. The van der Waals surface area contributed by atoms with E-state index in [1.807, 2.05) is 0 Å². The van der Waals surface area contributed by atoms with E-state index < -0.39 is 11.9 Å². The standard InChI is InChI=1S/C17H15ClN2O5/c1-24-13-7-6-11(14(17(22)23)15(13)25-2)9-19-20-16(21)10-4-3-5-12(18)8-10/h3-9H,1-2H3,(H,20,21)(H,22,23)/b19-9-. The lowest BCUT2D eigenvalue weighted by molar-refractivity contribution is 0.0692. The average molecular weight is 363 g/mol. The maximum atomic E-state index is 12.0. The number of rotatable bonds is 6. The van der Waals surface area contributed by atoms with E-state index in [1.165, 1.54) is 32.6 Å². The average Bonchev–Trinajstić information content (AvgIpc) is 2.60. The molecule has 0 saturated heterocycles. The van der Waals surface area contributed by atoms with Gasteiger partial charge in [-0.25, -0.2) is 10.2 Å². The van der Waals surface area contributed by atoms with Gasteiger partial charge in [0.05, 0.1) is 20.4 Å². The van der Waals surface area contributed by atoms with Crippen LogP contribution in [-0.4, -0.2) is 37.4 Å². The quantitative estimate of drug-likeness (QED) is 0.608. The normalized spacial score (nSPS) is 10.5. The topological polar surface area (TPSA) is 97.2 Å². The van der Waals surface area contributed by atoms with Crippen molar-refractivity contribution in [3.05, 3.63) is 58.1 Å². The monoisotopic (exact) mass is 362 g/mol. The molecule has 2 N–H and O–H groups in total. The summed E-state index contributed by atoms with van der Waals surface area (Å²) in [5, 5.41) is 13.6. The Bertz CT molecular complexity index is 836. The van der Waals surface area contributed by atoms with E-state index in [0.29, 0.717) is 10.6 Å². The molecule has 2 aromatic rings. The molecular formula is C17H15ClN2O5. The first-order valence-electron chi connectivity index (χ1n) is 7.05. The molecule has 0 aliphatic rings. The molecular weight excluding hydrogens is 348 g/mol. The molecule has 0 fully saturated rings. The molecule has 130 valence electrons. The number of carbonyl (C=O) groups is 2. The van der Waals surface area contributed by atoms with Crippen LogP contribution in [-0.2, 0) is 0 Å². The van der Waals surface area contributed by atoms with Crippen LogP contribution in [0.2, 0.25) is 5.02 Å². The molecule has 0 aliphatic carbocycles. The van der Waals surface area contributed by atoms with Crippen molar-refractivity contribution in [2.45, 2.75) is 0 Å². The number of carbonyl (C=O) groups excluding carboxylic acids is 1. The van der Waals surface area contributed by atoms with Crippen molar-refractivity contribution in [1.29, 1.82) is 0 Å². The van der Waals surface area contributed by atoms with Gasteiger partial charge in [-0.3, -0.25) is 4.79 Å². The molecule has 7 nitrogen and oxygen atoms in total. The van der Waals surface area contributed by atoms with E-state index in [1.54, 1.807) is 24.3 Å². The van der Waals surface area contributed by atoms with Crippen molar-refractivity contribution in [2.75, 3.05) is 14.2 Å². The number of hydrazone groups is 1. The third-order valence-corrected chi connectivity index (χ3v) is 3.48. The summed E-state index contributed by atoms with van der Waals surface area (Å²) >= 11 is 5.83. The van der Waals surface area contributed by atoms with Gasteiger partial charge in [-0.1, -0.05) is 17.7 Å². The predicted molar refractivity (Wildman–Crippen MR) is 93.0 cm³/mol. The van der Waals surface area contributed by atoms with Crippen molar-refractivity contribution in [2.24, 2.45) is 5.10 Å². The summed E-state index contributed by atoms with van der Waals surface area (Å²) in [5.74, 6) is -1.34. The van der Waals surface area contributed by atoms with Crippen LogP contribution in [0.25, 0.3) is 0 Å². The third-order valence-electron chi connectivity index (χ3n) is 3.25. The minimum Gasteiger partial charge on any atom is -0.493 e. The Morgan fingerprint density at radius 2 is 1.96 bits per heavy atom. The van der Waals surface area contributed by atoms with Crippen molar-refractivity contribution in [1.82, 2.24) is 5.43 Å². The predicted octanol–water partition coefficient (Wildman–Crippen LogP) is 2.82. The molecule has 0 radical (unpaired) electrons. The van der Waals surface area contributed by atoms with Crippen LogP contribution < -0.4 is 14.9 Å². The minimum atomic E-state index is -1.21. The highest BCUT2D eigenvalue weighted by atomic mass is 35.5. The number of hydrogen-bond acceptors (Lipinski definition) is 5. The van der Waals surface area contributed by atoms with E-state index in [-0.39, 0.29) is 22.6 Å². The molecule has 2 rings (SSSR count). The zero-order valence-electron chi connectivity index (χ0n) is 13.4. The van der Waals surface area contributed by atoms with Crippen LogP contribution in [0.3, 0.4) is 0 Å². The summed E-state index contributed by atoms with van der Waals surface area (Å²) in [4.78, 5) is 23.5. The molecule has 0 heterocycles. The minimum absolute atomic E-state index is 0.0696. The van der Waals surface area contributed by atoms with Gasteiger partial charge < -0.3 is 14.6 Å². The number of amides is 1. The van der Waals surface area contributed by atoms with Crippen LogP contribution in [0.15, 0.2) is 41.5 Å². The zero-order chi connectivity index (χ0) is 18.4. The van der Waals surface area contributed by atoms with Crippen LogP contribution in [0.4, 0.5) is 0 Å². The molecule has 0 unspecified atom stereocenters. The largest absolute Gasteiger partial charge is 0.493 e. The maximum absolute atomic E-state index is 12.0. The first-order valence-corrected chi connectivity index (χ1v) is 7.43. The fraction of sp³-hybridized carbons (Fsp3) is 0.118. The Kier molecular flexibility index (Phi) is 5.97. The molecule has 25 heavy (non-hydrogen) atoms. The summed E-state index contributed by atoms with van der Waals surface area (Å²) in [7, 11) is 2.74. The molecule has 0 bridgehead atoms. The number of methoxy groups -OCH3 is 2. The third kappa shape index (κ3) is 4.27. The molecule has 1 amide bonds. The Labute approximate surface area is 148 Å². The number of ether oxygens (including phenoxy) is 2. The highest BCUT2D eigenvalue weighted by molar-refractivity contribution is 6.30. The number of halogens is 1.